The molecule has 0 saturated heterocycles. The lowest BCUT2D eigenvalue weighted by Crippen LogP contribution is -2.28. The van der Waals surface area contributed by atoms with Crippen molar-refractivity contribution in [2.75, 3.05) is 18.0 Å². The number of nitrogens with two attached hydrogens (primary N) is 1. The van der Waals surface area contributed by atoms with Crippen molar-refractivity contribution in [1.82, 2.24) is 5.32 Å². The number of nitrogen functional groups attached to an aromatic ring is 1. The number of para-hydroxylation sites is 1. The monoisotopic (exact) mass is 262 g/mol. The first-order valence-electron chi connectivity index (χ1n) is 4.45. The van der Waals surface area contributed by atoms with E-state index >= 15 is 0 Å². The lowest BCUT2D eigenvalue weighted by molar-refractivity contribution is 0.0957. The molecule has 88 valence electrons. The second kappa shape index (κ2) is 5.18. The van der Waals surface area contributed by atoms with Crippen molar-refractivity contribution in [1.29, 1.82) is 0 Å². The van der Waals surface area contributed by atoms with E-state index in [1.807, 2.05) is 0 Å². The molecule has 0 aliphatic carbocycles. The number of hydrogen-bond donors (Lipinski definition) is 2. The summed E-state index contributed by atoms with van der Waals surface area (Å²) in [4.78, 5) is 11.5. The normalized spacial score (nSPS) is 11.1. The number of rotatable bonds is 4. The van der Waals surface area contributed by atoms with E-state index in [2.05, 4.69) is 5.32 Å². The molecule has 1 rings (SSSR count). The molecule has 3 N–H and O–H groups in total. The number of carbonyl (C=O) groups is 1. The Balaban J connectivity index is 2.57. The maximum absolute atomic E-state index is 11.5. The minimum atomic E-state index is -3.59. The first kappa shape index (κ1) is 12.8. The minimum Gasteiger partial charge on any atom is -0.398 e. The van der Waals surface area contributed by atoms with Gasteiger partial charge in [-0.15, -0.1) is 0 Å². The Bertz CT molecular complexity index is 487. The molecule has 0 bridgehead atoms. The van der Waals surface area contributed by atoms with Gasteiger partial charge in [0, 0.05) is 22.9 Å². The molecule has 0 fully saturated rings. The number of halogens is 1. The van der Waals surface area contributed by atoms with E-state index in [1.54, 1.807) is 24.3 Å². The number of carbonyl (C=O) groups excluding carboxylic acids is 1. The lowest BCUT2D eigenvalue weighted by atomic mass is 10.2. The maximum atomic E-state index is 11.5. The molecule has 0 radical (unpaired) electrons. The van der Waals surface area contributed by atoms with Gasteiger partial charge in [-0.3, -0.25) is 4.79 Å². The molecule has 1 aromatic rings. The Kier molecular flexibility index (Phi) is 4.14. The van der Waals surface area contributed by atoms with Crippen LogP contribution in [0.5, 0.6) is 0 Å². The summed E-state index contributed by atoms with van der Waals surface area (Å²) in [6.07, 6.45) is 0. The average Bonchev–Trinajstić information content (AvgIpc) is 2.16. The third kappa shape index (κ3) is 4.08. The zero-order chi connectivity index (χ0) is 12.2. The molecular formula is C9H11ClN2O3S. The van der Waals surface area contributed by atoms with Gasteiger partial charge in [0.15, 0.2) is 0 Å². The summed E-state index contributed by atoms with van der Waals surface area (Å²) in [5.41, 5.74) is 6.23. The molecule has 0 spiro atoms. The van der Waals surface area contributed by atoms with Gasteiger partial charge in [0.05, 0.1) is 11.3 Å². The van der Waals surface area contributed by atoms with E-state index in [0.717, 1.165) is 0 Å². The number of benzene rings is 1. The molecule has 7 heteroatoms. The first-order chi connectivity index (χ1) is 7.40. The van der Waals surface area contributed by atoms with Crippen molar-refractivity contribution in [3.63, 3.8) is 0 Å². The molecule has 1 amide bonds. The molecule has 0 saturated carbocycles. The highest BCUT2D eigenvalue weighted by atomic mass is 35.7. The van der Waals surface area contributed by atoms with Gasteiger partial charge in [0.2, 0.25) is 9.05 Å². The summed E-state index contributed by atoms with van der Waals surface area (Å²) in [6.45, 7) is -0.0427. The van der Waals surface area contributed by atoms with Crippen molar-refractivity contribution in [2.45, 2.75) is 0 Å². The Morgan fingerprint density at radius 1 is 1.38 bits per heavy atom. The highest BCUT2D eigenvalue weighted by Gasteiger charge is 2.10. The summed E-state index contributed by atoms with van der Waals surface area (Å²) < 4.78 is 21.2. The van der Waals surface area contributed by atoms with Crippen LogP contribution in [0.1, 0.15) is 10.4 Å². The molecule has 5 nitrogen and oxygen atoms in total. The number of nitrogens with one attached hydrogen (secondary N) is 1. The van der Waals surface area contributed by atoms with Crippen molar-refractivity contribution in [2.24, 2.45) is 0 Å². The van der Waals surface area contributed by atoms with Crippen LogP contribution in [0.4, 0.5) is 5.69 Å². The molecule has 16 heavy (non-hydrogen) atoms. The smallest absolute Gasteiger partial charge is 0.253 e. The molecule has 1 aromatic carbocycles. The third-order valence-corrected chi connectivity index (χ3v) is 2.99. The van der Waals surface area contributed by atoms with Gasteiger partial charge in [-0.1, -0.05) is 12.1 Å². The first-order valence-corrected chi connectivity index (χ1v) is 6.93. The fraction of sp³-hybridized carbons (Fsp3) is 0.222. The van der Waals surface area contributed by atoms with E-state index in [1.165, 1.54) is 0 Å². The highest BCUT2D eigenvalue weighted by molar-refractivity contribution is 8.13. The second-order valence-electron chi connectivity index (χ2n) is 3.09. The van der Waals surface area contributed by atoms with Crippen LogP contribution >= 0.6 is 10.7 Å². The summed E-state index contributed by atoms with van der Waals surface area (Å²) in [6, 6.07) is 6.52. The molecule has 0 aromatic heterocycles. The van der Waals surface area contributed by atoms with Crippen LogP contribution in [0, 0.1) is 0 Å². The number of hydrogen-bond acceptors (Lipinski definition) is 4. The van der Waals surface area contributed by atoms with Crippen LogP contribution in [-0.2, 0) is 9.05 Å². The Morgan fingerprint density at radius 2 is 2.00 bits per heavy atom. The largest absolute Gasteiger partial charge is 0.398 e. The molecule has 0 unspecified atom stereocenters. The second-order valence-corrected chi connectivity index (χ2v) is 5.98. The summed E-state index contributed by atoms with van der Waals surface area (Å²) in [7, 11) is 1.40. The van der Waals surface area contributed by atoms with Gasteiger partial charge >= 0.3 is 0 Å². The van der Waals surface area contributed by atoms with Crippen molar-refractivity contribution in [3.05, 3.63) is 29.8 Å². The Morgan fingerprint density at radius 3 is 2.56 bits per heavy atom. The molecular weight excluding hydrogens is 252 g/mol. The van der Waals surface area contributed by atoms with Gasteiger partial charge < -0.3 is 11.1 Å². The zero-order valence-electron chi connectivity index (χ0n) is 8.31. The van der Waals surface area contributed by atoms with Crippen LogP contribution in [0.2, 0.25) is 0 Å². The van der Waals surface area contributed by atoms with E-state index < -0.39 is 15.0 Å². The summed E-state index contributed by atoms with van der Waals surface area (Å²) in [5.74, 6) is -0.731. The highest BCUT2D eigenvalue weighted by Crippen LogP contribution is 2.09. The van der Waals surface area contributed by atoms with Gasteiger partial charge in [0.25, 0.3) is 5.91 Å². The fourth-order valence-corrected chi connectivity index (χ4v) is 1.66. The van der Waals surface area contributed by atoms with Crippen LogP contribution in [0.3, 0.4) is 0 Å². The topological polar surface area (TPSA) is 89.3 Å². The van der Waals surface area contributed by atoms with Gasteiger partial charge in [-0.05, 0) is 12.1 Å². The summed E-state index contributed by atoms with van der Waals surface area (Å²) in [5, 5.41) is 2.41. The standard InChI is InChI=1S/C9H11ClN2O3S/c10-16(14,15)6-5-12-9(13)7-3-1-2-4-8(7)11/h1-4H,5-6,11H2,(H,12,13). The molecule has 0 aliphatic rings. The van der Waals surface area contributed by atoms with Crippen molar-refractivity contribution < 1.29 is 13.2 Å². The van der Waals surface area contributed by atoms with Crippen LogP contribution in [0.15, 0.2) is 24.3 Å². The van der Waals surface area contributed by atoms with E-state index in [0.29, 0.717) is 11.3 Å². The predicted octanol–water partition coefficient (Wildman–Crippen LogP) is 0.567. The quantitative estimate of drug-likeness (QED) is 0.613. The van der Waals surface area contributed by atoms with Gasteiger partial charge in [0.1, 0.15) is 0 Å². The lowest BCUT2D eigenvalue weighted by Gasteiger charge is -2.05. The van der Waals surface area contributed by atoms with E-state index in [4.69, 9.17) is 16.4 Å². The molecule has 0 aliphatic heterocycles. The van der Waals surface area contributed by atoms with Crippen LogP contribution in [-0.4, -0.2) is 26.6 Å². The van der Waals surface area contributed by atoms with Crippen molar-refractivity contribution in [3.8, 4) is 0 Å². The van der Waals surface area contributed by atoms with Crippen LogP contribution < -0.4 is 11.1 Å². The SMILES string of the molecule is Nc1ccccc1C(=O)NCCS(=O)(=O)Cl. The zero-order valence-corrected chi connectivity index (χ0v) is 9.88. The maximum Gasteiger partial charge on any atom is 0.253 e. The molecule has 0 atom stereocenters. The van der Waals surface area contributed by atoms with Crippen LogP contribution in [0.25, 0.3) is 0 Å². The summed E-state index contributed by atoms with van der Waals surface area (Å²) >= 11 is 0. The molecule has 0 heterocycles. The van der Waals surface area contributed by atoms with Crippen molar-refractivity contribution >= 4 is 31.3 Å². The Labute approximate surface area is 98.0 Å². The Hall–Kier alpha value is -1.27. The predicted molar refractivity (Wildman–Crippen MR) is 62.8 cm³/mol. The third-order valence-electron chi connectivity index (χ3n) is 1.84. The minimum absolute atomic E-state index is 0.0427. The average molecular weight is 263 g/mol. The van der Waals surface area contributed by atoms with Gasteiger partial charge in [-0.2, -0.15) is 0 Å². The number of amides is 1. The number of anilines is 1. The fourth-order valence-electron chi connectivity index (χ4n) is 1.09. The van der Waals surface area contributed by atoms with Gasteiger partial charge in [-0.25, -0.2) is 8.42 Å². The van der Waals surface area contributed by atoms with E-state index in [-0.39, 0.29) is 12.3 Å². The van der Waals surface area contributed by atoms with E-state index in [9.17, 15) is 13.2 Å².